The molecular weight excluding hydrogens is 512 g/mol. The van der Waals surface area contributed by atoms with E-state index in [1.165, 1.54) is 24.3 Å². The lowest BCUT2D eigenvalue weighted by Gasteiger charge is -2.06. The Hall–Kier alpha value is -3.03. The molecule has 0 aromatic heterocycles. The van der Waals surface area contributed by atoms with Gasteiger partial charge in [-0.25, -0.2) is 13.7 Å². The van der Waals surface area contributed by atoms with Crippen LogP contribution in [0.25, 0.3) is 33.4 Å². The fourth-order valence-corrected chi connectivity index (χ4v) is 6.56. The quantitative estimate of drug-likeness (QED) is 0.127. The van der Waals surface area contributed by atoms with Crippen molar-refractivity contribution < 1.29 is 36.0 Å². The molecule has 0 saturated carbocycles. The van der Waals surface area contributed by atoms with E-state index in [1.54, 1.807) is 54.6 Å². The average molecular weight is 529 g/mol. The summed E-state index contributed by atoms with van der Waals surface area (Å²) in [7, 11) is -8.10. The lowest BCUT2D eigenvalue weighted by atomic mass is 9.98. The summed E-state index contributed by atoms with van der Waals surface area (Å²) in [6, 6.07) is 23.0. The molecule has 1 aliphatic heterocycles. The van der Waals surface area contributed by atoms with E-state index in [0.717, 1.165) is 23.2 Å². The molecule has 4 aromatic rings. The highest BCUT2D eigenvalue weighted by Gasteiger charge is 2.33. The highest BCUT2D eigenvalue weighted by Crippen LogP contribution is 2.46. The molecule has 0 unspecified atom stereocenters. The van der Waals surface area contributed by atoms with Crippen molar-refractivity contribution in [2.45, 2.75) is 19.6 Å². The normalized spacial score (nSPS) is 13.9. The van der Waals surface area contributed by atoms with Crippen molar-refractivity contribution in [1.82, 2.24) is 0 Å². The summed E-state index contributed by atoms with van der Waals surface area (Å²) in [5.74, 6) is 0. The molecule has 2 N–H and O–H groups in total. The summed E-state index contributed by atoms with van der Waals surface area (Å²) >= 11 is 0.827. The van der Waals surface area contributed by atoms with Crippen LogP contribution in [0.15, 0.2) is 105 Å². The van der Waals surface area contributed by atoms with Crippen LogP contribution in [-0.2, 0) is 29.3 Å². The monoisotopic (exact) mass is 528 g/mol. The molecule has 8 nitrogen and oxygen atoms in total. The van der Waals surface area contributed by atoms with Crippen molar-refractivity contribution in [2.24, 2.45) is 0 Å². The molecule has 0 saturated heterocycles. The van der Waals surface area contributed by atoms with E-state index in [4.69, 9.17) is 5.26 Å². The Labute approximate surface area is 205 Å². The zero-order valence-corrected chi connectivity index (χ0v) is 20.1. The first-order valence-electron chi connectivity index (χ1n) is 10.1. The molecular formula is C24H16O8S3. The maximum atomic E-state index is 13.4. The molecule has 0 atom stereocenters. The fraction of sp³-hybridized carbons (Fsp3) is 0. The summed E-state index contributed by atoms with van der Waals surface area (Å²) in [5, 5.41) is 11.8. The minimum absolute atomic E-state index is 0.175. The highest BCUT2D eigenvalue weighted by atomic mass is 32.2. The second-order valence-electron chi connectivity index (χ2n) is 7.68. The summed E-state index contributed by atoms with van der Waals surface area (Å²) in [5.41, 5.74) is 3.94. The molecule has 0 spiro atoms. The Morgan fingerprint density at radius 1 is 0.686 bits per heavy atom. The first kappa shape index (κ1) is 23.7. The number of hydrogen-bond acceptors (Lipinski definition) is 8. The molecule has 1 aliphatic rings. The summed E-state index contributed by atoms with van der Waals surface area (Å²) in [4.78, 5) is 0.824. The van der Waals surface area contributed by atoms with E-state index in [0.29, 0.717) is 27.1 Å². The van der Waals surface area contributed by atoms with E-state index >= 15 is 0 Å². The SMILES string of the molecule is O=S(=O)(O)c1ccc(-c2ccc3c(c2)S(=O)(=O)c2cc(-c4ccc(SOOO)cc4)ccc2-3)cc1. The van der Waals surface area contributed by atoms with Gasteiger partial charge in [-0.2, -0.15) is 8.42 Å². The number of benzene rings is 4. The summed E-state index contributed by atoms with van der Waals surface area (Å²) in [6.45, 7) is 0. The average Bonchev–Trinajstić information content (AvgIpc) is 3.08. The molecule has 178 valence electrons. The van der Waals surface area contributed by atoms with Crippen LogP contribution < -0.4 is 0 Å². The van der Waals surface area contributed by atoms with Gasteiger partial charge < -0.3 is 0 Å². The van der Waals surface area contributed by atoms with Crippen molar-refractivity contribution >= 4 is 32.0 Å². The van der Waals surface area contributed by atoms with Gasteiger partial charge >= 0.3 is 0 Å². The Morgan fingerprint density at radius 3 is 1.60 bits per heavy atom. The van der Waals surface area contributed by atoms with Crippen molar-refractivity contribution in [2.75, 3.05) is 0 Å². The van der Waals surface area contributed by atoms with Crippen molar-refractivity contribution in [3.05, 3.63) is 84.9 Å². The predicted octanol–water partition coefficient (Wildman–Crippen LogP) is 5.51. The first-order valence-corrected chi connectivity index (χ1v) is 13.7. The smallest absolute Gasteiger partial charge is 0.282 e. The van der Waals surface area contributed by atoms with Gasteiger partial charge in [-0.15, -0.1) is 4.33 Å². The van der Waals surface area contributed by atoms with Crippen LogP contribution in [0.2, 0.25) is 0 Å². The minimum Gasteiger partial charge on any atom is -0.282 e. The third-order valence-electron chi connectivity index (χ3n) is 5.67. The summed E-state index contributed by atoms with van der Waals surface area (Å²) in [6.07, 6.45) is 0. The van der Waals surface area contributed by atoms with Crippen LogP contribution in [0, 0.1) is 0 Å². The van der Waals surface area contributed by atoms with Crippen molar-refractivity contribution in [3.63, 3.8) is 0 Å². The molecule has 0 bridgehead atoms. The Bertz CT molecular complexity index is 1640. The lowest BCUT2D eigenvalue weighted by Crippen LogP contribution is -1.98. The van der Waals surface area contributed by atoms with E-state index in [2.05, 4.69) is 9.37 Å². The summed E-state index contributed by atoms with van der Waals surface area (Å²) < 4.78 is 63.0. The van der Waals surface area contributed by atoms with Crippen LogP contribution in [0.3, 0.4) is 0 Å². The van der Waals surface area contributed by atoms with Gasteiger partial charge in [0.1, 0.15) is 0 Å². The van der Waals surface area contributed by atoms with Crippen LogP contribution in [-0.4, -0.2) is 26.6 Å². The standard InChI is InChI=1S/C24H16O8S3/c25-31-32-33-19-7-1-15(2-8-19)17-5-11-21-22-12-6-18(14-24(22)34(26,27)23(21)13-17)16-3-9-20(10-4-16)35(28,29)30/h1-14,25H,(H,28,29,30). The van der Waals surface area contributed by atoms with Gasteiger partial charge in [0.2, 0.25) is 9.84 Å². The molecule has 1 heterocycles. The third-order valence-corrected chi connectivity index (χ3v) is 8.96. The van der Waals surface area contributed by atoms with E-state index in [1.807, 2.05) is 6.07 Å². The molecule has 5 rings (SSSR count). The van der Waals surface area contributed by atoms with Gasteiger partial charge in [-0.05, 0) is 58.7 Å². The van der Waals surface area contributed by atoms with Crippen LogP contribution in [0.1, 0.15) is 0 Å². The van der Waals surface area contributed by atoms with Gasteiger partial charge in [0.05, 0.1) is 26.7 Å². The Kier molecular flexibility index (Phi) is 6.01. The topological polar surface area (TPSA) is 127 Å². The number of hydrogen-bond donors (Lipinski definition) is 2. The van der Waals surface area contributed by atoms with Gasteiger partial charge in [-0.3, -0.25) is 4.55 Å². The maximum absolute atomic E-state index is 13.4. The number of rotatable bonds is 6. The lowest BCUT2D eigenvalue weighted by molar-refractivity contribution is -0.432. The third kappa shape index (κ3) is 4.39. The maximum Gasteiger partial charge on any atom is 0.294 e. The zero-order chi connectivity index (χ0) is 24.8. The second kappa shape index (κ2) is 8.88. The molecule has 0 radical (unpaired) electrons. The fourth-order valence-electron chi connectivity index (χ4n) is 3.99. The van der Waals surface area contributed by atoms with E-state index in [9.17, 15) is 21.4 Å². The predicted molar refractivity (Wildman–Crippen MR) is 129 cm³/mol. The number of fused-ring (bicyclic) bond motifs is 3. The zero-order valence-electron chi connectivity index (χ0n) is 17.7. The van der Waals surface area contributed by atoms with Crippen molar-refractivity contribution in [1.29, 1.82) is 0 Å². The van der Waals surface area contributed by atoms with Gasteiger partial charge in [0.15, 0.2) is 0 Å². The van der Waals surface area contributed by atoms with Crippen LogP contribution >= 0.6 is 12.0 Å². The van der Waals surface area contributed by atoms with Crippen LogP contribution in [0.5, 0.6) is 0 Å². The highest BCUT2D eigenvalue weighted by molar-refractivity contribution is 7.94. The molecule has 11 heteroatoms. The Morgan fingerprint density at radius 2 is 1.14 bits per heavy atom. The molecule has 35 heavy (non-hydrogen) atoms. The van der Waals surface area contributed by atoms with Crippen LogP contribution in [0.4, 0.5) is 0 Å². The van der Waals surface area contributed by atoms with E-state index in [-0.39, 0.29) is 14.7 Å². The van der Waals surface area contributed by atoms with Gasteiger partial charge in [0.25, 0.3) is 10.1 Å². The second-order valence-corrected chi connectivity index (χ2v) is 11.8. The number of sulfone groups is 1. The first-order chi connectivity index (χ1) is 16.7. The molecule has 4 aromatic carbocycles. The van der Waals surface area contributed by atoms with Crippen molar-refractivity contribution in [3.8, 4) is 33.4 Å². The van der Waals surface area contributed by atoms with Gasteiger partial charge in [-0.1, -0.05) is 53.6 Å². The minimum atomic E-state index is -4.32. The Balaban J connectivity index is 1.50. The molecule has 0 fully saturated rings. The van der Waals surface area contributed by atoms with E-state index < -0.39 is 20.0 Å². The molecule has 0 aliphatic carbocycles. The van der Waals surface area contributed by atoms with Gasteiger partial charge in [0, 0.05) is 16.0 Å². The molecule has 0 amide bonds. The largest absolute Gasteiger partial charge is 0.294 e.